The third-order valence-corrected chi connectivity index (χ3v) is 8.22. The molecular formula is C25H30O2. The molecular weight excluding hydrogens is 332 g/mol. The van der Waals surface area contributed by atoms with E-state index in [0.29, 0.717) is 35.3 Å². The van der Waals surface area contributed by atoms with Crippen molar-refractivity contribution in [2.24, 2.45) is 23.2 Å². The maximum Gasteiger partial charge on any atom is 0.115 e. The van der Waals surface area contributed by atoms with E-state index in [1.807, 2.05) is 12.1 Å². The molecule has 27 heavy (non-hydrogen) atoms. The first kappa shape index (κ1) is 17.3. The Kier molecular flexibility index (Phi) is 3.91. The number of rotatable bonds is 1. The Balaban J connectivity index is 1.66. The first-order valence-electron chi connectivity index (χ1n) is 10.5. The van der Waals surface area contributed by atoms with Gasteiger partial charge in [-0.3, -0.25) is 0 Å². The Morgan fingerprint density at radius 3 is 2.59 bits per heavy atom. The minimum absolute atomic E-state index is 0.170. The molecule has 0 saturated heterocycles. The molecule has 2 aromatic carbocycles. The van der Waals surface area contributed by atoms with E-state index >= 15 is 0 Å². The van der Waals surface area contributed by atoms with Gasteiger partial charge in [0.2, 0.25) is 0 Å². The number of phenols is 1. The van der Waals surface area contributed by atoms with Gasteiger partial charge in [-0.25, -0.2) is 0 Å². The van der Waals surface area contributed by atoms with Crippen molar-refractivity contribution in [2.45, 2.75) is 57.5 Å². The Labute approximate surface area is 162 Å². The molecule has 0 spiro atoms. The summed E-state index contributed by atoms with van der Waals surface area (Å²) in [6.07, 6.45) is 4.16. The summed E-state index contributed by atoms with van der Waals surface area (Å²) >= 11 is 0. The number of hydrogen-bond acceptors (Lipinski definition) is 2. The minimum Gasteiger partial charge on any atom is -0.508 e. The van der Waals surface area contributed by atoms with Crippen LogP contribution >= 0.6 is 0 Å². The van der Waals surface area contributed by atoms with E-state index in [4.69, 9.17) is 0 Å². The van der Waals surface area contributed by atoms with Crippen LogP contribution in [0.4, 0.5) is 0 Å². The minimum atomic E-state index is -0.170. The summed E-state index contributed by atoms with van der Waals surface area (Å²) in [6.45, 7) is 4.70. The molecule has 3 aliphatic rings. The highest BCUT2D eigenvalue weighted by atomic mass is 16.3. The normalized spacial score (nSPS) is 40.1. The summed E-state index contributed by atoms with van der Waals surface area (Å²) in [5.41, 5.74) is 4.43. The van der Waals surface area contributed by atoms with E-state index in [1.165, 1.54) is 29.5 Å². The topological polar surface area (TPSA) is 40.5 Å². The quantitative estimate of drug-likeness (QED) is 0.727. The molecule has 2 N–H and O–H groups in total. The number of phenolic OH excluding ortho intramolecular Hbond substituents is 1. The van der Waals surface area contributed by atoms with Gasteiger partial charge in [0.25, 0.3) is 0 Å². The largest absolute Gasteiger partial charge is 0.508 e. The zero-order valence-electron chi connectivity index (χ0n) is 16.3. The second-order valence-electron chi connectivity index (χ2n) is 9.64. The molecule has 7 atom stereocenters. The molecule has 2 nitrogen and oxygen atoms in total. The lowest BCUT2D eigenvalue weighted by atomic mass is 9.51. The van der Waals surface area contributed by atoms with Crippen LogP contribution in [0, 0.1) is 23.2 Å². The van der Waals surface area contributed by atoms with Gasteiger partial charge >= 0.3 is 0 Å². The lowest BCUT2D eigenvalue weighted by molar-refractivity contribution is 0.0234. The van der Waals surface area contributed by atoms with Gasteiger partial charge in [-0.1, -0.05) is 50.2 Å². The number of aliphatic hydroxyl groups is 1. The van der Waals surface area contributed by atoms with E-state index < -0.39 is 0 Å². The molecule has 0 radical (unpaired) electrons. The Hall–Kier alpha value is -1.80. The molecule has 0 aliphatic heterocycles. The maximum atomic E-state index is 10.7. The van der Waals surface area contributed by atoms with Crippen LogP contribution in [0.15, 0.2) is 48.5 Å². The molecule has 0 bridgehead atoms. The van der Waals surface area contributed by atoms with Crippen LogP contribution in [0.1, 0.15) is 61.6 Å². The van der Waals surface area contributed by atoms with Crippen molar-refractivity contribution in [1.29, 1.82) is 0 Å². The van der Waals surface area contributed by atoms with Crippen molar-refractivity contribution in [3.05, 3.63) is 65.2 Å². The lowest BCUT2D eigenvalue weighted by Crippen LogP contribution is -2.45. The zero-order valence-corrected chi connectivity index (χ0v) is 16.3. The van der Waals surface area contributed by atoms with Gasteiger partial charge in [0, 0.05) is 0 Å². The molecule has 0 heterocycles. The summed E-state index contributed by atoms with van der Waals surface area (Å²) < 4.78 is 0. The smallest absolute Gasteiger partial charge is 0.115 e. The molecule has 3 aliphatic carbocycles. The highest BCUT2D eigenvalue weighted by molar-refractivity contribution is 5.43. The van der Waals surface area contributed by atoms with Crippen molar-refractivity contribution in [2.75, 3.05) is 0 Å². The predicted octanol–water partition coefficient (Wildman–Crippen LogP) is 5.25. The van der Waals surface area contributed by atoms with Crippen molar-refractivity contribution in [3.63, 3.8) is 0 Å². The van der Waals surface area contributed by atoms with Crippen molar-refractivity contribution in [3.8, 4) is 5.75 Å². The SMILES string of the molecule is C[C@@H]1[C@H]2[C@H]3[C@H](CC[C@]2(C)C[C@H]1O)c1ccc(O)cc1C[C@H]3c1ccccc1. The van der Waals surface area contributed by atoms with E-state index in [0.717, 1.165) is 12.8 Å². The highest BCUT2D eigenvalue weighted by Gasteiger charge is 2.58. The van der Waals surface area contributed by atoms with Crippen LogP contribution in [0.25, 0.3) is 0 Å². The molecule has 2 aromatic rings. The zero-order chi connectivity index (χ0) is 18.8. The number of fused-ring (bicyclic) bond motifs is 5. The van der Waals surface area contributed by atoms with Crippen molar-refractivity contribution < 1.29 is 10.2 Å². The molecule has 2 saturated carbocycles. The molecule has 2 fully saturated rings. The van der Waals surface area contributed by atoms with E-state index in [2.05, 4.69) is 50.2 Å². The number of aromatic hydroxyl groups is 1. The van der Waals surface area contributed by atoms with E-state index in [9.17, 15) is 10.2 Å². The summed E-state index contributed by atoms with van der Waals surface area (Å²) in [6, 6.07) is 17.0. The monoisotopic (exact) mass is 362 g/mol. The molecule has 0 amide bonds. The second kappa shape index (κ2) is 6.10. The van der Waals surface area contributed by atoms with Crippen molar-refractivity contribution >= 4 is 0 Å². The van der Waals surface area contributed by atoms with Crippen molar-refractivity contribution in [1.82, 2.24) is 0 Å². The third kappa shape index (κ3) is 2.56. The van der Waals surface area contributed by atoms with Crippen LogP contribution in [0.5, 0.6) is 5.75 Å². The van der Waals surface area contributed by atoms with Crippen LogP contribution in [-0.2, 0) is 6.42 Å². The molecule has 142 valence electrons. The van der Waals surface area contributed by atoms with Gasteiger partial charge in [-0.05, 0) is 89.5 Å². The fraction of sp³-hybridized carbons (Fsp3) is 0.520. The summed E-state index contributed by atoms with van der Waals surface area (Å²) in [4.78, 5) is 0. The summed E-state index contributed by atoms with van der Waals surface area (Å²) in [5, 5.41) is 20.8. The standard InChI is InChI=1S/C25H30O2/c1-15-22(27)14-25(2)11-10-20-19-9-8-18(26)12-17(19)13-21(23(20)24(15)25)16-6-4-3-5-7-16/h3-9,12,15,20-24,26-27H,10-11,13-14H2,1-2H3/t15-,20+,21-,22+,23-,24-,25+/m0/s1. The average Bonchev–Trinajstić information content (AvgIpc) is 2.90. The average molecular weight is 363 g/mol. The molecule has 0 unspecified atom stereocenters. The Bertz CT molecular complexity index is 845. The van der Waals surface area contributed by atoms with Crippen LogP contribution in [0.3, 0.4) is 0 Å². The lowest BCUT2D eigenvalue weighted by Gasteiger charge is -2.53. The Morgan fingerprint density at radius 1 is 1.04 bits per heavy atom. The van der Waals surface area contributed by atoms with Gasteiger partial charge in [0.15, 0.2) is 0 Å². The fourth-order valence-corrected chi connectivity index (χ4v) is 7.12. The van der Waals surface area contributed by atoms with Crippen LogP contribution < -0.4 is 0 Å². The first-order valence-corrected chi connectivity index (χ1v) is 10.5. The van der Waals surface area contributed by atoms with Gasteiger partial charge in [0.1, 0.15) is 5.75 Å². The van der Waals surface area contributed by atoms with Gasteiger partial charge in [-0.15, -0.1) is 0 Å². The third-order valence-electron chi connectivity index (χ3n) is 8.22. The van der Waals surface area contributed by atoms with Gasteiger partial charge in [-0.2, -0.15) is 0 Å². The molecule has 5 rings (SSSR count). The number of benzene rings is 2. The summed E-state index contributed by atoms with van der Waals surface area (Å²) in [7, 11) is 0. The van der Waals surface area contributed by atoms with E-state index in [1.54, 1.807) is 0 Å². The number of hydrogen-bond donors (Lipinski definition) is 2. The highest BCUT2D eigenvalue weighted by Crippen LogP contribution is 2.65. The van der Waals surface area contributed by atoms with Gasteiger partial charge in [0.05, 0.1) is 6.10 Å². The Morgan fingerprint density at radius 2 is 1.81 bits per heavy atom. The second-order valence-corrected chi connectivity index (χ2v) is 9.64. The summed E-state index contributed by atoms with van der Waals surface area (Å²) in [5.74, 6) is 2.85. The fourth-order valence-electron chi connectivity index (χ4n) is 7.12. The van der Waals surface area contributed by atoms with Crippen LogP contribution in [0.2, 0.25) is 0 Å². The van der Waals surface area contributed by atoms with Crippen LogP contribution in [-0.4, -0.2) is 16.3 Å². The predicted molar refractivity (Wildman–Crippen MR) is 108 cm³/mol. The van der Waals surface area contributed by atoms with Gasteiger partial charge < -0.3 is 10.2 Å². The molecule has 2 heteroatoms. The first-order chi connectivity index (χ1) is 13.0. The number of aliphatic hydroxyl groups excluding tert-OH is 1. The molecule has 0 aromatic heterocycles. The maximum absolute atomic E-state index is 10.7. The van der Waals surface area contributed by atoms with E-state index in [-0.39, 0.29) is 11.5 Å².